The molecule has 0 saturated carbocycles. The Morgan fingerprint density at radius 3 is 2.69 bits per heavy atom. The first-order chi connectivity index (χ1) is 7.49. The summed E-state index contributed by atoms with van der Waals surface area (Å²) >= 11 is 1.68. The van der Waals surface area contributed by atoms with Crippen molar-refractivity contribution in [1.29, 1.82) is 0 Å². The molecule has 0 atom stereocenters. The standard InChI is InChI=1S/C11H20N4S/c1-7(2)5-13-11(12)14-6-10-15-8(3)9(4)16-10/h7H,5-6H2,1-4H3,(H3,12,13,14). The van der Waals surface area contributed by atoms with Crippen LogP contribution >= 0.6 is 11.3 Å². The van der Waals surface area contributed by atoms with Gasteiger partial charge in [-0.25, -0.2) is 9.98 Å². The van der Waals surface area contributed by atoms with Gasteiger partial charge < -0.3 is 11.1 Å². The van der Waals surface area contributed by atoms with E-state index < -0.39 is 0 Å². The summed E-state index contributed by atoms with van der Waals surface area (Å²) in [4.78, 5) is 9.91. The largest absolute Gasteiger partial charge is 0.370 e. The summed E-state index contributed by atoms with van der Waals surface area (Å²) in [6.45, 7) is 9.77. The number of aromatic nitrogens is 1. The monoisotopic (exact) mass is 240 g/mol. The molecule has 0 saturated heterocycles. The van der Waals surface area contributed by atoms with Gasteiger partial charge in [0, 0.05) is 11.4 Å². The smallest absolute Gasteiger partial charge is 0.189 e. The zero-order chi connectivity index (χ0) is 12.1. The third kappa shape index (κ3) is 4.18. The molecule has 0 amide bonds. The van der Waals surface area contributed by atoms with E-state index in [2.05, 4.69) is 36.1 Å². The van der Waals surface area contributed by atoms with Crippen LogP contribution in [0.25, 0.3) is 0 Å². The first-order valence-electron chi connectivity index (χ1n) is 5.45. The van der Waals surface area contributed by atoms with Gasteiger partial charge in [0.25, 0.3) is 0 Å². The van der Waals surface area contributed by atoms with Gasteiger partial charge >= 0.3 is 0 Å². The summed E-state index contributed by atoms with van der Waals surface area (Å²) in [6, 6.07) is 0. The molecule has 1 aromatic heterocycles. The fourth-order valence-corrected chi connectivity index (χ4v) is 1.98. The lowest BCUT2D eigenvalue weighted by atomic mass is 10.2. The molecular formula is C11H20N4S. The van der Waals surface area contributed by atoms with Gasteiger partial charge in [-0.2, -0.15) is 0 Å². The zero-order valence-electron chi connectivity index (χ0n) is 10.4. The number of thiazole rings is 1. The van der Waals surface area contributed by atoms with E-state index in [9.17, 15) is 0 Å². The summed E-state index contributed by atoms with van der Waals surface area (Å²) in [7, 11) is 0. The number of rotatable bonds is 4. The van der Waals surface area contributed by atoms with Crippen molar-refractivity contribution in [3.05, 3.63) is 15.6 Å². The van der Waals surface area contributed by atoms with Crippen LogP contribution in [0.4, 0.5) is 0 Å². The molecular weight excluding hydrogens is 220 g/mol. The van der Waals surface area contributed by atoms with Crippen molar-refractivity contribution >= 4 is 17.3 Å². The molecule has 0 spiro atoms. The van der Waals surface area contributed by atoms with Gasteiger partial charge in [0.2, 0.25) is 0 Å². The average Bonchev–Trinajstić information content (AvgIpc) is 2.52. The fraction of sp³-hybridized carbons (Fsp3) is 0.636. The Hall–Kier alpha value is -1.10. The lowest BCUT2D eigenvalue weighted by Gasteiger charge is -2.07. The molecule has 0 aromatic carbocycles. The molecule has 16 heavy (non-hydrogen) atoms. The van der Waals surface area contributed by atoms with Crippen LogP contribution < -0.4 is 11.1 Å². The molecule has 1 rings (SSSR count). The summed E-state index contributed by atoms with van der Waals surface area (Å²) < 4.78 is 0. The number of nitrogens with two attached hydrogens (primary N) is 1. The Morgan fingerprint density at radius 1 is 1.50 bits per heavy atom. The molecule has 0 bridgehead atoms. The first kappa shape index (κ1) is 13.0. The maximum Gasteiger partial charge on any atom is 0.189 e. The van der Waals surface area contributed by atoms with Gasteiger partial charge in [0.1, 0.15) is 5.01 Å². The van der Waals surface area contributed by atoms with E-state index in [0.717, 1.165) is 17.2 Å². The Balaban J connectivity index is 2.46. The average molecular weight is 240 g/mol. The highest BCUT2D eigenvalue weighted by atomic mass is 32.1. The predicted molar refractivity (Wildman–Crippen MR) is 69.8 cm³/mol. The lowest BCUT2D eigenvalue weighted by molar-refractivity contribution is 0.622. The number of nitrogens with zero attached hydrogens (tertiary/aromatic N) is 2. The molecule has 4 nitrogen and oxygen atoms in total. The van der Waals surface area contributed by atoms with E-state index >= 15 is 0 Å². The maximum absolute atomic E-state index is 5.73. The number of nitrogens with one attached hydrogen (secondary N) is 1. The molecule has 1 aromatic rings. The maximum atomic E-state index is 5.73. The summed E-state index contributed by atoms with van der Waals surface area (Å²) in [6.07, 6.45) is 0. The van der Waals surface area contributed by atoms with Crippen LogP contribution in [0.1, 0.15) is 29.4 Å². The molecule has 0 aliphatic rings. The van der Waals surface area contributed by atoms with E-state index in [0.29, 0.717) is 18.4 Å². The molecule has 1 heterocycles. The van der Waals surface area contributed by atoms with Crippen LogP contribution in [0.3, 0.4) is 0 Å². The van der Waals surface area contributed by atoms with E-state index in [1.807, 2.05) is 6.92 Å². The van der Waals surface area contributed by atoms with E-state index in [1.54, 1.807) is 11.3 Å². The Kier molecular flexibility index (Phi) is 4.73. The second-order valence-corrected chi connectivity index (χ2v) is 5.51. The Morgan fingerprint density at radius 2 is 2.19 bits per heavy atom. The van der Waals surface area contributed by atoms with Crippen molar-refractivity contribution in [3.63, 3.8) is 0 Å². The van der Waals surface area contributed by atoms with Crippen LogP contribution in [0.15, 0.2) is 4.99 Å². The predicted octanol–water partition coefficient (Wildman–Crippen LogP) is 1.82. The second kappa shape index (κ2) is 5.84. The Bertz CT molecular complexity index is 349. The summed E-state index contributed by atoms with van der Waals surface area (Å²) in [5, 5.41) is 4.10. The van der Waals surface area contributed by atoms with Gasteiger partial charge in [-0.15, -0.1) is 11.3 Å². The molecule has 90 valence electrons. The normalized spacial score (nSPS) is 12.2. The van der Waals surface area contributed by atoms with Crippen molar-refractivity contribution in [3.8, 4) is 0 Å². The van der Waals surface area contributed by atoms with Gasteiger partial charge in [-0.1, -0.05) is 13.8 Å². The third-order valence-electron chi connectivity index (χ3n) is 2.15. The summed E-state index contributed by atoms with van der Waals surface area (Å²) in [5.41, 5.74) is 6.82. The quantitative estimate of drug-likeness (QED) is 0.623. The Labute approximate surface area is 101 Å². The fourth-order valence-electron chi connectivity index (χ4n) is 1.12. The molecule has 5 heteroatoms. The third-order valence-corrected chi connectivity index (χ3v) is 3.21. The minimum absolute atomic E-state index is 0.499. The molecule has 0 unspecified atom stereocenters. The molecule has 0 aliphatic heterocycles. The molecule has 0 radical (unpaired) electrons. The number of guanidine groups is 1. The number of aliphatic imine (C=N–C) groups is 1. The minimum atomic E-state index is 0.499. The summed E-state index contributed by atoms with van der Waals surface area (Å²) in [5.74, 6) is 1.07. The molecule has 3 N–H and O–H groups in total. The van der Waals surface area contributed by atoms with Crippen LogP contribution in [0, 0.1) is 19.8 Å². The highest BCUT2D eigenvalue weighted by Gasteiger charge is 2.02. The number of aryl methyl sites for hydroxylation is 2. The molecule has 0 fully saturated rings. The van der Waals surface area contributed by atoms with Crippen molar-refractivity contribution in [2.24, 2.45) is 16.6 Å². The van der Waals surface area contributed by atoms with Gasteiger partial charge in [-0.05, 0) is 19.8 Å². The van der Waals surface area contributed by atoms with Crippen LogP contribution in [0.2, 0.25) is 0 Å². The van der Waals surface area contributed by atoms with Crippen molar-refractivity contribution in [2.75, 3.05) is 6.54 Å². The number of hydrogen-bond acceptors (Lipinski definition) is 3. The highest BCUT2D eigenvalue weighted by molar-refractivity contribution is 7.11. The van der Waals surface area contributed by atoms with E-state index in [4.69, 9.17) is 5.73 Å². The van der Waals surface area contributed by atoms with Crippen LogP contribution in [0.5, 0.6) is 0 Å². The van der Waals surface area contributed by atoms with Gasteiger partial charge in [0.15, 0.2) is 5.96 Å². The minimum Gasteiger partial charge on any atom is -0.370 e. The zero-order valence-corrected chi connectivity index (χ0v) is 11.2. The second-order valence-electron chi connectivity index (χ2n) is 4.23. The van der Waals surface area contributed by atoms with Crippen LogP contribution in [-0.4, -0.2) is 17.5 Å². The molecule has 0 aliphatic carbocycles. The highest BCUT2D eigenvalue weighted by Crippen LogP contribution is 2.16. The van der Waals surface area contributed by atoms with Crippen molar-refractivity contribution < 1.29 is 0 Å². The van der Waals surface area contributed by atoms with Gasteiger partial charge in [-0.3, -0.25) is 0 Å². The lowest BCUT2D eigenvalue weighted by Crippen LogP contribution is -2.34. The van der Waals surface area contributed by atoms with E-state index in [1.165, 1.54) is 4.88 Å². The number of hydrogen-bond donors (Lipinski definition) is 2. The van der Waals surface area contributed by atoms with E-state index in [-0.39, 0.29) is 0 Å². The topological polar surface area (TPSA) is 63.3 Å². The van der Waals surface area contributed by atoms with Gasteiger partial charge in [0.05, 0.1) is 12.2 Å². The SMILES string of the molecule is Cc1nc(CN=C(N)NCC(C)C)sc1C. The first-order valence-corrected chi connectivity index (χ1v) is 6.27. The van der Waals surface area contributed by atoms with Crippen LogP contribution in [-0.2, 0) is 6.54 Å². The van der Waals surface area contributed by atoms with Crippen molar-refractivity contribution in [2.45, 2.75) is 34.2 Å². The van der Waals surface area contributed by atoms with Crippen molar-refractivity contribution in [1.82, 2.24) is 10.3 Å².